The van der Waals surface area contributed by atoms with Gasteiger partial charge < -0.3 is 4.74 Å². The average Bonchev–Trinajstić information content (AvgIpc) is 1.96. The van der Waals surface area contributed by atoms with Crippen LogP contribution in [0.2, 0.25) is 0 Å². The van der Waals surface area contributed by atoms with Crippen LogP contribution in [0, 0.1) is 20.8 Å². The van der Waals surface area contributed by atoms with Crippen LogP contribution in [-0.2, 0) is 4.74 Å². The molecule has 0 N–H and O–H groups in total. The van der Waals surface area contributed by atoms with Crippen molar-refractivity contribution in [2.75, 3.05) is 0 Å². The third kappa shape index (κ3) is 2.78. The lowest BCUT2D eigenvalue weighted by atomic mass is 9.99. The topological polar surface area (TPSA) is 9.23 Å². The van der Waals surface area contributed by atoms with Crippen LogP contribution in [0.25, 0.3) is 5.76 Å². The van der Waals surface area contributed by atoms with Crippen molar-refractivity contribution in [2.24, 2.45) is 0 Å². The quantitative estimate of drug-likeness (QED) is 0.693. The minimum Gasteiger partial charge on any atom is -0.435 e. The first kappa shape index (κ1) is 10.1. The highest BCUT2D eigenvalue weighted by Gasteiger charge is 2.12. The second kappa shape index (κ2) is 4.43. The van der Waals surface area contributed by atoms with Gasteiger partial charge in [-0.3, -0.25) is 0 Å². The average molecular weight is 213 g/mol. The highest BCUT2D eigenvalue weighted by atomic mass is 19.3. The van der Waals surface area contributed by atoms with Crippen LogP contribution in [0.5, 0.6) is 0 Å². The first-order valence-corrected chi connectivity index (χ1v) is 4.54. The second-order valence-corrected chi connectivity index (χ2v) is 3.52. The van der Waals surface area contributed by atoms with Gasteiger partial charge in [0.25, 0.3) is 0 Å². The molecular formula is C12H14F2O. The van der Waals surface area contributed by atoms with E-state index in [2.05, 4.69) is 11.3 Å². The van der Waals surface area contributed by atoms with E-state index in [0.29, 0.717) is 5.56 Å². The summed E-state index contributed by atoms with van der Waals surface area (Å²) >= 11 is 0. The Morgan fingerprint density at radius 1 is 1.33 bits per heavy atom. The maximum atomic E-state index is 12.4. The summed E-state index contributed by atoms with van der Waals surface area (Å²) in [5.41, 5.74) is 3.21. The lowest BCUT2D eigenvalue weighted by molar-refractivity contribution is -0.0708. The molecule has 0 spiro atoms. The molecular weight excluding hydrogens is 198 g/mol. The Morgan fingerprint density at radius 3 is 2.20 bits per heavy atom. The fourth-order valence-electron chi connectivity index (χ4n) is 1.76. The van der Waals surface area contributed by atoms with Crippen molar-refractivity contribution in [3.63, 3.8) is 0 Å². The molecule has 0 bridgehead atoms. The summed E-state index contributed by atoms with van der Waals surface area (Å²) in [5, 5.41) is 0. The predicted molar refractivity (Wildman–Crippen MR) is 56.8 cm³/mol. The third-order valence-electron chi connectivity index (χ3n) is 2.16. The zero-order valence-corrected chi connectivity index (χ0v) is 9.03. The van der Waals surface area contributed by atoms with Crippen LogP contribution in [0.1, 0.15) is 23.6 Å². The van der Waals surface area contributed by atoms with Gasteiger partial charge in [0.15, 0.2) is 1.37 Å². The van der Waals surface area contributed by atoms with Crippen LogP contribution in [-0.4, -0.2) is 6.59 Å². The lowest BCUT2D eigenvalue weighted by Crippen LogP contribution is -2.01. The maximum absolute atomic E-state index is 12.4. The van der Waals surface area contributed by atoms with E-state index in [-0.39, 0.29) is 5.76 Å². The molecule has 0 aliphatic carbocycles. The largest absolute Gasteiger partial charge is 0.435 e. The fraction of sp³-hybridized carbons (Fsp3) is 0.333. The molecule has 0 amide bonds. The van der Waals surface area contributed by atoms with Gasteiger partial charge in [-0.25, -0.2) is 0 Å². The number of aryl methyl sites for hydroxylation is 3. The first-order chi connectivity index (χ1) is 7.20. The van der Waals surface area contributed by atoms with Crippen molar-refractivity contribution in [3.05, 3.63) is 41.0 Å². The standard InChI is InChI=1S/C12H14F2O/c1-7-5-8(2)11(9(3)6-7)10(4)15-12(13)14/h5-6,12H,4H2,1-3H3/i12D. The van der Waals surface area contributed by atoms with Crippen LogP contribution in [0.4, 0.5) is 8.78 Å². The van der Waals surface area contributed by atoms with Gasteiger partial charge in [-0.15, -0.1) is 0 Å². The Kier molecular flexibility index (Phi) is 2.99. The van der Waals surface area contributed by atoms with Gasteiger partial charge >= 0.3 is 6.59 Å². The van der Waals surface area contributed by atoms with E-state index in [1.165, 1.54) is 0 Å². The molecule has 0 saturated carbocycles. The molecule has 1 aromatic rings. The van der Waals surface area contributed by atoms with Crippen molar-refractivity contribution in [1.82, 2.24) is 0 Å². The van der Waals surface area contributed by atoms with Gasteiger partial charge in [0.1, 0.15) is 5.76 Å². The molecule has 0 saturated heterocycles. The summed E-state index contributed by atoms with van der Waals surface area (Å²) in [7, 11) is 0. The SMILES string of the molecule is [2H]C(F)(F)OC(=C)c1c(C)cc(C)cc1C. The number of rotatable bonds is 3. The Hall–Kier alpha value is -1.38. The lowest BCUT2D eigenvalue weighted by Gasteiger charge is -2.14. The van der Waals surface area contributed by atoms with E-state index < -0.39 is 6.59 Å². The first-order valence-electron chi connectivity index (χ1n) is 5.04. The zero-order valence-electron chi connectivity index (χ0n) is 10.0. The van der Waals surface area contributed by atoms with Crippen molar-refractivity contribution in [2.45, 2.75) is 27.4 Å². The van der Waals surface area contributed by atoms with Gasteiger partial charge in [0.05, 0.1) is 0 Å². The summed E-state index contributed by atoms with van der Waals surface area (Å²) in [6.07, 6.45) is 0. The van der Waals surface area contributed by atoms with Gasteiger partial charge in [0, 0.05) is 5.56 Å². The highest BCUT2D eigenvalue weighted by Crippen LogP contribution is 2.25. The zero-order chi connectivity index (χ0) is 12.5. The third-order valence-corrected chi connectivity index (χ3v) is 2.16. The molecule has 0 aliphatic rings. The molecule has 0 aromatic heterocycles. The minimum atomic E-state index is -3.94. The van der Waals surface area contributed by atoms with E-state index >= 15 is 0 Å². The molecule has 3 heteroatoms. The Labute approximate surface area is 89.8 Å². The predicted octanol–water partition coefficient (Wildman–Crippen LogP) is 3.82. The molecule has 1 nitrogen and oxygen atoms in total. The number of halogens is 2. The van der Waals surface area contributed by atoms with Crippen LogP contribution in [0.15, 0.2) is 18.7 Å². The maximum Gasteiger partial charge on any atom is 0.387 e. The van der Waals surface area contributed by atoms with Crippen molar-refractivity contribution in [3.8, 4) is 0 Å². The van der Waals surface area contributed by atoms with Gasteiger partial charge in [-0.1, -0.05) is 24.3 Å². The second-order valence-electron chi connectivity index (χ2n) is 3.52. The number of hydrogen-bond acceptors (Lipinski definition) is 1. The minimum absolute atomic E-state index is 0.171. The Morgan fingerprint density at radius 2 is 1.80 bits per heavy atom. The van der Waals surface area contributed by atoms with Crippen molar-refractivity contribution < 1.29 is 14.9 Å². The summed E-state index contributed by atoms with van der Waals surface area (Å²) in [6, 6.07) is 3.72. The van der Waals surface area contributed by atoms with Crippen molar-refractivity contribution >= 4 is 5.76 Å². The van der Waals surface area contributed by atoms with E-state index in [9.17, 15) is 8.78 Å². The molecule has 0 fully saturated rings. The van der Waals surface area contributed by atoms with Crippen LogP contribution in [0.3, 0.4) is 0 Å². The number of hydrogen-bond donors (Lipinski definition) is 0. The monoisotopic (exact) mass is 213 g/mol. The van der Waals surface area contributed by atoms with Crippen molar-refractivity contribution in [1.29, 1.82) is 0 Å². The summed E-state index contributed by atoms with van der Waals surface area (Å²) < 4.78 is 35.3. The molecule has 0 atom stereocenters. The Balaban J connectivity index is 3.10. The van der Waals surface area contributed by atoms with E-state index in [4.69, 9.17) is 1.37 Å². The van der Waals surface area contributed by atoms with Crippen LogP contribution >= 0.6 is 0 Å². The number of alkyl halides is 2. The molecule has 1 rings (SSSR count). The molecule has 1 aromatic carbocycles. The van der Waals surface area contributed by atoms with Gasteiger partial charge in [0.2, 0.25) is 0 Å². The molecule has 82 valence electrons. The van der Waals surface area contributed by atoms with Gasteiger partial charge in [-0.05, 0) is 31.9 Å². The van der Waals surface area contributed by atoms with Gasteiger partial charge in [-0.2, -0.15) is 8.78 Å². The molecule has 0 unspecified atom stereocenters. The normalized spacial score (nSPS) is 12.2. The molecule has 0 heterocycles. The summed E-state index contributed by atoms with van der Waals surface area (Å²) in [5.74, 6) is -0.171. The van der Waals surface area contributed by atoms with Crippen LogP contribution < -0.4 is 0 Å². The summed E-state index contributed by atoms with van der Waals surface area (Å²) in [6.45, 7) is 5.01. The summed E-state index contributed by atoms with van der Waals surface area (Å²) in [4.78, 5) is 0. The molecule has 0 radical (unpaired) electrons. The smallest absolute Gasteiger partial charge is 0.387 e. The molecule has 15 heavy (non-hydrogen) atoms. The number of ether oxygens (including phenoxy) is 1. The van der Waals surface area contributed by atoms with E-state index in [0.717, 1.165) is 16.7 Å². The fourth-order valence-corrected chi connectivity index (χ4v) is 1.76. The highest BCUT2D eigenvalue weighted by molar-refractivity contribution is 5.64. The van der Waals surface area contributed by atoms with E-state index in [1.807, 2.05) is 19.1 Å². The number of benzene rings is 1. The Bertz CT molecular complexity index is 399. The molecule has 0 aliphatic heterocycles. The van der Waals surface area contributed by atoms with E-state index in [1.54, 1.807) is 13.8 Å².